The lowest BCUT2D eigenvalue weighted by Crippen LogP contribution is -2.25. The van der Waals surface area contributed by atoms with E-state index in [0.29, 0.717) is 0 Å². The lowest BCUT2D eigenvalue weighted by molar-refractivity contribution is -0.136. The van der Waals surface area contributed by atoms with Crippen molar-refractivity contribution in [2.75, 3.05) is 6.54 Å². The second-order valence-corrected chi connectivity index (χ2v) is 3.59. The smallest absolute Gasteiger partial charge is 0.317 e. The van der Waals surface area contributed by atoms with Gasteiger partial charge in [0.1, 0.15) is 0 Å². The van der Waals surface area contributed by atoms with E-state index in [2.05, 4.69) is 24.4 Å². The average molecular weight is 207 g/mol. The fraction of sp³-hybridized carbons (Fsp3) is 0.417. The first-order valence-corrected chi connectivity index (χ1v) is 5.17. The third-order valence-electron chi connectivity index (χ3n) is 2.45. The van der Waals surface area contributed by atoms with E-state index >= 15 is 0 Å². The predicted octanol–water partition coefficient (Wildman–Crippen LogP) is 1.98. The third kappa shape index (κ3) is 3.72. The van der Waals surface area contributed by atoms with Gasteiger partial charge in [-0.25, -0.2) is 0 Å². The van der Waals surface area contributed by atoms with Crippen LogP contribution in [0.4, 0.5) is 0 Å². The van der Waals surface area contributed by atoms with Crippen molar-refractivity contribution in [1.82, 2.24) is 5.32 Å². The quantitative estimate of drug-likeness (QED) is 0.776. The van der Waals surface area contributed by atoms with Crippen molar-refractivity contribution in [3.63, 3.8) is 0 Å². The Morgan fingerprint density at radius 1 is 1.40 bits per heavy atom. The van der Waals surface area contributed by atoms with Crippen molar-refractivity contribution in [2.45, 2.75) is 26.3 Å². The summed E-state index contributed by atoms with van der Waals surface area (Å²) in [6.45, 7) is 4.07. The highest BCUT2D eigenvalue weighted by Gasteiger charge is 2.05. The first-order valence-electron chi connectivity index (χ1n) is 5.17. The Morgan fingerprint density at radius 2 is 2.00 bits per heavy atom. The van der Waals surface area contributed by atoms with E-state index in [9.17, 15) is 4.79 Å². The zero-order chi connectivity index (χ0) is 11.3. The monoisotopic (exact) mass is 207 g/mol. The SMILES string of the molecule is CCc1ccc(C(C)NCC(=O)O)cc1. The summed E-state index contributed by atoms with van der Waals surface area (Å²) in [4.78, 5) is 10.4. The lowest BCUT2D eigenvalue weighted by atomic mass is 10.1. The van der Waals surface area contributed by atoms with E-state index in [1.54, 1.807) is 0 Å². The summed E-state index contributed by atoms with van der Waals surface area (Å²) >= 11 is 0. The number of hydrogen-bond acceptors (Lipinski definition) is 2. The van der Waals surface area contributed by atoms with Gasteiger partial charge in [-0.05, 0) is 24.5 Å². The van der Waals surface area contributed by atoms with Crippen LogP contribution in [0.25, 0.3) is 0 Å². The van der Waals surface area contributed by atoms with E-state index in [4.69, 9.17) is 5.11 Å². The Kier molecular flexibility index (Phi) is 4.31. The molecule has 15 heavy (non-hydrogen) atoms. The molecule has 1 aromatic carbocycles. The fourth-order valence-electron chi connectivity index (χ4n) is 1.40. The Labute approximate surface area is 90.1 Å². The highest BCUT2D eigenvalue weighted by Crippen LogP contribution is 2.13. The van der Waals surface area contributed by atoms with E-state index in [1.165, 1.54) is 5.56 Å². The molecule has 3 heteroatoms. The molecule has 82 valence electrons. The fourth-order valence-corrected chi connectivity index (χ4v) is 1.40. The van der Waals surface area contributed by atoms with Gasteiger partial charge in [0.15, 0.2) is 0 Å². The molecule has 0 fully saturated rings. The number of hydrogen-bond donors (Lipinski definition) is 2. The van der Waals surface area contributed by atoms with Crippen molar-refractivity contribution in [3.8, 4) is 0 Å². The van der Waals surface area contributed by atoms with Gasteiger partial charge < -0.3 is 10.4 Å². The first kappa shape index (κ1) is 11.7. The normalized spacial score (nSPS) is 12.4. The molecule has 1 rings (SSSR count). The molecule has 3 nitrogen and oxygen atoms in total. The largest absolute Gasteiger partial charge is 0.480 e. The van der Waals surface area contributed by atoms with Crippen molar-refractivity contribution < 1.29 is 9.90 Å². The molecule has 0 heterocycles. The van der Waals surface area contributed by atoms with Gasteiger partial charge in [0.05, 0.1) is 6.54 Å². The Balaban J connectivity index is 2.57. The Bertz CT molecular complexity index is 319. The van der Waals surface area contributed by atoms with Crippen LogP contribution in [0, 0.1) is 0 Å². The zero-order valence-corrected chi connectivity index (χ0v) is 9.16. The molecule has 0 bridgehead atoms. The molecule has 1 unspecified atom stereocenters. The van der Waals surface area contributed by atoms with Crippen molar-refractivity contribution in [3.05, 3.63) is 35.4 Å². The van der Waals surface area contributed by atoms with Gasteiger partial charge in [-0.3, -0.25) is 4.79 Å². The number of carboxylic acid groups (broad SMARTS) is 1. The topological polar surface area (TPSA) is 49.3 Å². The maximum Gasteiger partial charge on any atom is 0.317 e. The van der Waals surface area contributed by atoms with Gasteiger partial charge in [0.25, 0.3) is 0 Å². The van der Waals surface area contributed by atoms with Crippen LogP contribution in [0.2, 0.25) is 0 Å². The molecule has 1 aromatic rings. The van der Waals surface area contributed by atoms with Crippen molar-refractivity contribution in [1.29, 1.82) is 0 Å². The van der Waals surface area contributed by atoms with Gasteiger partial charge in [0, 0.05) is 6.04 Å². The number of nitrogens with one attached hydrogen (secondary N) is 1. The molecular weight excluding hydrogens is 190 g/mol. The second-order valence-electron chi connectivity index (χ2n) is 3.59. The molecule has 0 aromatic heterocycles. The zero-order valence-electron chi connectivity index (χ0n) is 9.16. The maximum absolute atomic E-state index is 10.4. The Morgan fingerprint density at radius 3 is 2.47 bits per heavy atom. The van der Waals surface area contributed by atoms with Gasteiger partial charge in [0.2, 0.25) is 0 Å². The minimum absolute atomic E-state index is 0.00328. The molecular formula is C12H17NO2. The highest BCUT2D eigenvalue weighted by molar-refractivity contribution is 5.69. The summed E-state index contributed by atoms with van der Waals surface area (Å²) in [6.07, 6.45) is 1.03. The summed E-state index contributed by atoms with van der Waals surface area (Å²) in [5.74, 6) is -0.827. The second kappa shape index (κ2) is 5.51. The minimum Gasteiger partial charge on any atom is -0.480 e. The number of benzene rings is 1. The molecule has 1 atom stereocenters. The van der Waals surface area contributed by atoms with Gasteiger partial charge >= 0.3 is 5.97 Å². The van der Waals surface area contributed by atoms with Crippen LogP contribution in [-0.4, -0.2) is 17.6 Å². The van der Waals surface area contributed by atoms with Crippen LogP contribution < -0.4 is 5.32 Å². The molecule has 0 saturated heterocycles. The molecule has 0 amide bonds. The van der Waals surface area contributed by atoms with Crippen LogP contribution in [0.15, 0.2) is 24.3 Å². The average Bonchev–Trinajstić information content (AvgIpc) is 2.26. The molecule has 0 radical (unpaired) electrons. The molecule has 0 aliphatic carbocycles. The van der Waals surface area contributed by atoms with Crippen LogP contribution in [0.3, 0.4) is 0 Å². The van der Waals surface area contributed by atoms with Crippen molar-refractivity contribution >= 4 is 5.97 Å². The van der Waals surface area contributed by atoms with E-state index in [1.807, 2.05) is 19.1 Å². The molecule has 2 N–H and O–H groups in total. The van der Waals surface area contributed by atoms with Gasteiger partial charge in [-0.1, -0.05) is 31.2 Å². The highest BCUT2D eigenvalue weighted by atomic mass is 16.4. The number of aryl methyl sites for hydroxylation is 1. The molecule has 0 saturated carbocycles. The molecule has 0 aliphatic rings. The summed E-state index contributed by atoms with van der Waals surface area (Å²) in [7, 11) is 0. The summed E-state index contributed by atoms with van der Waals surface area (Å²) < 4.78 is 0. The van der Waals surface area contributed by atoms with Crippen LogP contribution in [-0.2, 0) is 11.2 Å². The van der Waals surface area contributed by atoms with Crippen LogP contribution in [0.1, 0.15) is 31.0 Å². The summed E-state index contributed by atoms with van der Waals surface area (Å²) in [5, 5.41) is 11.5. The number of carbonyl (C=O) groups is 1. The first-order chi connectivity index (χ1) is 7.13. The number of aliphatic carboxylic acids is 1. The van der Waals surface area contributed by atoms with Gasteiger partial charge in [-0.15, -0.1) is 0 Å². The number of rotatable bonds is 5. The van der Waals surface area contributed by atoms with Gasteiger partial charge in [-0.2, -0.15) is 0 Å². The van der Waals surface area contributed by atoms with Crippen molar-refractivity contribution in [2.24, 2.45) is 0 Å². The minimum atomic E-state index is -0.827. The summed E-state index contributed by atoms with van der Waals surface area (Å²) in [5.41, 5.74) is 2.41. The Hall–Kier alpha value is -1.35. The van der Waals surface area contributed by atoms with E-state index < -0.39 is 5.97 Å². The number of carboxylic acids is 1. The van der Waals surface area contributed by atoms with E-state index in [-0.39, 0.29) is 12.6 Å². The van der Waals surface area contributed by atoms with Crippen LogP contribution in [0.5, 0.6) is 0 Å². The van der Waals surface area contributed by atoms with Crippen LogP contribution >= 0.6 is 0 Å². The molecule has 0 aliphatic heterocycles. The lowest BCUT2D eigenvalue weighted by Gasteiger charge is -2.12. The van der Waals surface area contributed by atoms with E-state index in [0.717, 1.165) is 12.0 Å². The molecule has 0 spiro atoms. The maximum atomic E-state index is 10.4. The summed E-state index contributed by atoms with van der Waals surface area (Å²) in [6, 6.07) is 8.31. The standard InChI is InChI=1S/C12H17NO2/c1-3-10-4-6-11(7-5-10)9(2)13-8-12(14)15/h4-7,9,13H,3,8H2,1-2H3,(H,14,15). The predicted molar refractivity (Wildman–Crippen MR) is 59.9 cm³/mol. The third-order valence-corrected chi connectivity index (χ3v) is 2.45.